The van der Waals surface area contributed by atoms with Crippen molar-refractivity contribution in [2.45, 2.75) is 58.1 Å². The lowest BCUT2D eigenvalue weighted by atomic mass is 10.0. The third-order valence-electron chi connectivity index (χ3n) is 3.87. The first kappa shape index (κ1) is 14.0. The highest BCUT2D eigenvalue weighted by Crippen LogP contribution is 2.28. The molecule has 0 saturated heterocycles. The summed E-state index contributed by atoms with van der Waals surface area (Å²) in [4.78, 5) is 11.3. The number of hydrogen-bond donors (Lipinski definition) is 2. The van der Waals surface area contributed by atoms with Gasteiger partial charge < -0.3 is 10.2 Å². The Kier molecular flexibility index (Phi) is 4.19. The molecule has 1 saturated carbocycles. The van der Waals surface area contributed by atoms with Crippen molar-refractivity contribution in [1.82, 2.24) is 14.8 Å². The summed E-state index contributed by atoms with van der Waals surface area (Å²) in [7, 11) is 0. The molecule has 0 spiro atoms. The van der Waals surface area contributed by atoms with E-state index in [1.165, 1.54) is 32.6 Å². The Morgan fingerprint density at radius 1 is 1.42 bits per heavy atom. The number of aliphatic hydroxyl groups is 1. The van der Waals surface area contributed by atoms with E-state index in [1.807, 2.05) is 0 Å². The molecule has 19 heavy (non-hydrogen) atoms. The molecule has 2 atom stereocenters. The number of carboxylic acid groups (broad SMARTS) is 1. The monoisotopic (exact) mass is 267 g/mol. The predicted octanol–water partition coefficient (Wildman–Crippen LogP) is 1.33. The number of hydrogen-bond acceptors (Lipinski definition) is 4. The molecular formula is C13H21N3O3. The number of nitrogens with zero attached hydrogens (tertiary/aromatic N) is 3. The molecule has 0 bridgehead atoms. The van der Waals surface area contributed by atoms with E-state index in [9.17, 15) is 15.0 Å². The maximum Gasteiger partial charge on any atom is 0.329 e. The number of aliphatic carboxylic acids is 1. The Morgan fingerprint density at radius 3 is 2.58 bits per heavy atom. The van der Waals surface area contributed by atoms with Crippen LogP contribution in [0.1, 0.15) is 50.3 Å². The SMILES string of the molecule is Cc1nnc(CC2CCCC2)n1C(C(=O)O)C(C)O. The first-order valence-corrected chi connectivity index (χ1v) is 6.82. The molecule has 1 aliphatic carbocycles. The Hall–Kier alpha value is -1.43. The van der Waals surface area contributed by atoms with E-state index in [0.717, 1.165) is 6.42 Å². The molecule has 2 rings (SSSR count). The molecule has 0 radical (unpaired) electrons. The van der Waals surface area contributed by atoms with Gasteiger partial charge in [0.15, 0.2) is 6.04 Å². The molecule has 1 aromatic heterocycles. The van der Waals surface area contributed by atoms with Gasteiger partial charge in [-0.05, 0) is 19.8 Å². The third kappa shape index (κ3) is 2.94. The van der Waals surface area contributed by atoms with Gasteiger partial charge >= 0.3 is 5.97 Å². The van der Waals surface area contributed by atoms with Crippen molar-refractivity contribution >= 4 is 5.97 Å². The number of rotatable bonds is 5. The maximum atomic E-state index is 11.3. The average molecular weight is 267 g/mol. The van der Waals surface area contributed by atoms with E-state index >= 15 is 0 Å². The Balaban J connectivity index is 2.27. The molecule has 0 aliphatic heterocycles. The van der Waals surface area contributed by atoms with Crippen molar-refractivity contribution in [3.05, 3.63) is 11.6 Å². The topological polar surface area (TPSA) is 88.2 Å². The minimum absolute atomic E-state index is 0.543. The van der Waals surface area contributed by atoms with Gasteiger partial charge in [-0.3, -0.25) is 4.57 Å². The Morgan fingerprint density at radius 2 is 2.05 bits per heavy atom. The van der Waals surface area contributed by atoms with Crippen LogP contribution in [0.5, 0.6) is 0 Å². The second-order valence-electron chi connectivity index (χ2n) is 5.41. The number of carbonyl (C=O) groups is 1. The van der Waals surface area contributed by atoms with Gasteiger partial charge in [0.1, 0.15) is 11.6 Å². The van der Waals surface area contributed by atoms with Gasteiger partial charge in [-0.2, -0.15) is 0 Å². The van der Waals surface area contributed by atoms with Crippen molar-refractivity contribution in [2.24, 2.45) is 5.92 Å². The summed E-state index contributed by atoms with van der Waals surface area (Å²) in [6.07, 6.45) is 4.57. The van der Waals surface area contributed by atoms with Crippen LogP contribution in [-0.4, -0.2) is 37.1 Å². The molecule has 0 aromatic carbocycles. The zero-order valence-corrected chi connectivity index (χ0v) is 11.4. The van der Waals surface area contributed by atoms with Crippen molar-refractivity contribution in [1.29, 1.82) is 0 Å². The fourth-order valence-electron chi connectivity index (χ4n) is 2.92. The van der Waals surface area contributed by atoms with Crippen molar-refractivity contribution in [2.75, 3.05) is 0 Å². The van der Waals surface area contributed by atoms with Gasteiger partial charge in [-0.25, -0.2) is 4.79 Å². The molecular weight excluding hydrogens is 246 g/mol. The molecule has 0 amide bonds. The molecule has 106 valence electrons. The number of carboxylic acids is 1. The summed E-state index contributed by atoms with van der Waals surface area (Å²) in [6.45, 7) is 3.21. The van der Waals surface area contributed by atoms with Gasteiger partial charge in [-0.1, -0.05) is 25.7 Å². The first-order chi connectivity index (χ1) is 9.00. The quantitative estimate of drug-likeness (QED) is 0.840. The average Bonchev–Trinajstić information content (AvgIpc) is 2.93. The molecule has 2 N–H and O–H groups in total. The third-order valence-corrected chi connectivity index (χ3v) is 3.87. The smallest absolute Gasteiger partial charge is 0.329 e. The molecule has 1 aliphatic rings. The minimum Gasteiger partial charge on any atom is -0.480 e. The summed E-state index contributed by atoms with van der Waals surface area (Å²) in [5, 5.41) is 27.1. The van der Waals surface area contributed by atoms with Crippen LogP contribution >= 0.6 is 0 Å². The van der Waals surface area contributed by atoms with Crippen LogP contribution in [0.2, 0.25) is 0 Å². The van der Waals surface area contributed by atoms with Crippen LogP contribution in [0.15, 0.2) is 0 Å². The van der Waals surface area contributed by atoms with Crippen LogP contribution in [-0.2, 0) is 11.2 Å². The second-order valence-corrected chi connectivity index (χ2v) is 5.41. The number of aliphatic hydroxyl groups excluding tert-OH is 1. The summed E-state index contributed by atoms with van der Waals surface area (Å²) in [5.74, 6) is 0.732. The molecule has 1 heterocycles. The van der Waals surface area contributed by atoms with Gasteiger partial charge in [-0.15, -0.1) is 10.2 Å². The fourth-order valence-corrected chi connectivity index (χ4v) is 2.92. The van der Waals surface area contributed by atoms with Crippen molar-refractivity contribution in [3.63, 3.8) is 0 Å². The van der Waals surface area contributed by atoms with Gasteiger partial charge in [0.2, 0.25) is 0 Å². The van der Waals surface area contributed by atoms with E-state index in [4.69, 9.17) is 0 Å². The zero-order valence-electron chi connectivity index (χ0n) is 11.4. The van der Waals surface area contributed by atoms with Gasteiger partial charge in [0.05, 0.1) is 6.10 Å². The highest BCUT2D eigenvalue weighted by Gasteiger charge is 2.30. The number of aryl methyl sites for hydroxylation is 1. The normalized spacial score (nSPS) is 19.5. The van der Waals surface area contributed by atoms with E-state index in [0.29, 0.717) is 17.6 Å². The summed E-state index contributed by atoms with van der Waals surface area (Å²) >= 11 is 0. The van der Waals surface area contributed by atoms with E-state index < -0.39 is 18.1 Å². The van der Waals surface area contributed by atoms with E-state index in [1.54, 1.807) is 11.5 Å². The zero-order chi connectivity index (χ0) is 14.0. The van der Waals surface area contributed by atoms with Gasteiger partial charge in [0.25, 0.3) is 0 Å². The minimum atomic E-state index is -1.05. The summed E-state index contributed by atoms with van der Waals surface area (Å²) in [6, 6.07) is -1.01. The predicted molar refractivity (Wildman–Crippen MR) is 68.8 cm³/mol. The van der Waals surface area contributed by atoms with Crippen LogP contribution in [0.4, 0.5) is 0 Å². The standard InChI is InChI=1S/C13H21N3O3/c1-8(17)12(13(18)19)16-9(2)14-15-11(16)7-10-5-3-4-6-10/h8,10,12,17H,3-7H2,1-2H3,(H,18,19). The molecule has 6 nitrogen and oxygen atoms in total. The largest absolute Gasteiger partial charge is 0.480 e. The van der Waals surface area contributed by atoms with E-state index in [2.05, 4.69) is 10.2 Å². The Bertz CT molecular complexity index is 450. The van der Waals surface area contributed by atoms with Crippen LogP contribution in [0, 0.1) is 12.8 Å². The molecule has 6 heteroatoms. The van der Waals surface area contributed by atoms with Crippen LogP contribution in [0.3, 0.4) is 0 Å². The summed E-state index contributed by atoms with van der Waals surface area (Å²) < 4.78 is 1.57. The van der Waals surface area contributed by atoms with Crippen molar-refractivity contribution in [3.8, 4) is 0 Å². The highest BCUT2D eigenvalue weighted by molar-refractivity contribution is 5.72. The van der Waals surface area contributed by atoms with Crippen molar-refractivity contribution < 1.29 is 15.0 Å². The maximum absolute atomic E-state index is 11.3. The lowest BCUT2D eigenvalue weighted by Gasteiger charge is -2.21. The first-order valence-electron chi connectivity index (χ1n) is 6.82. The fraction of sp³-hybridized carbons (Fsp3) is 0.769. The van der Waals surface area contributed by atoms with Crippen LogP contribution < -0.4 is 0 Å². The lowest BCUT2D eigenvalue weighted by Crippen LogP contribution is -2.31. The van der Waals surface area contributed by atoms with Gasteiger partial charge in [0, 0.05) is 6.42 Å². The van der Waals surface area contributed by atoms with Crippen LogP contribution in [0.25, 0.3) is 0 Å². The van der Waals surface area contributed by atoms with E-state index in [-0.39, 0.29) is 0 Å². The summed E-state index contributed by atoms with van der Waals surface area (Å²) in [5.41, 5.74) is 0. The number of aromatic nitrogens is 3. The lowest BCUT2D eigenvalue weighted by molar-refractivity contribution is -0.144. The highest BCUT2D eigenvalue weighted by atomic mass is 16.4. The molecule has 2 unspecified atom stereocenters. The Labute approximate surface area is 112 Å². The molecule has 1 fully saturated rings. The molecule has 1 aromatic rings. The second kappa shape index (κ2) is 5.69.